The molecule has 0 aromatic heterocycles. The maximum atomic E-state index is 11.2. The first-order chi connectivity index (χ1) is 9.87. The zero-order valence-electron chi connectivity index (χ0n) is 12.1. The molecule has 2 rings (SSSR count). The average molecular weight is 390 g/mol. The van der Waals surface area contributed by atoms with Crippen LogP contribution in [0, 0.1) is 24.3 Å². The van der Waals surface area contributed by atoms with Crippen LogP contribution in [0.1, 0.15) is 11.1 Å². The molecule has 0 unspecified atom stereocenters. The molecule has 0 spiro atoms. The van der Waals surface area contributed by atoms with Gasteiger partial charge in [-0.1, -0.05) is 6.92 Å². The van der Waals surface area contributed by atoms with Crippen LogP contribution in [0.3, 0.4) is 0 Å². The average Bonchev–Trinajstić information content (AvgIpc) is 2.41. The Morgan fingerprint density at radius 1 is 1.27 bits per heavy atom. The summed E-state index contributed by atoms with van der Waals surface area (Å²) in [5.41, 5.74) is 1.54. The monoisotopic (exact) mass is 390 g/mol. The summed E-state index contributed by atoms with van der Waals surface area (Å²) in [6, 6.07) is 14.8. The number of nitrogens with one attached hydrogen (secondary N) is 1. The molecule has 0 fully saturated rings. The summed E-state index contributed by atoms with van der Waals surface area (Å²) in [4.78, 5) is 0. The van der Waals surface area contributed by atoms with Gasteiger partial charge in [-0.15, -0.1) is 12.1 Å². The van der Waals surface area contributed by atoms with Crippen molar-refractivity contribution in [2.45, 2.75) is 6.92 Å². The van der Waals surface area contributed by atoms with Gasteiger partial charge in [0.05, 0.1) is 17.5 Å². The van der Waals surface area contributed by atoms with Crippen molar-refractivity contribution >= 4 is 15.7 Å². The maximum absolute atomic E-state index is 11.2. The minimum absolute atomic E-state index is 0. The van der Waals surface area contributed by atoms with E-state index in [2.05, 4.69) is 10.8 Å². The van der Waals surface area contributed by atoms with Gasteiger partial charge in [0.25, 0.3) is 0 Å². The molecule has 0 bridgehead atoms. The zero-order chi connectivity index (χ0) is 15.5. The molecule has 0 saturated carbocycles. The Balaban J connectivity index is 0.00000242. The van der Waals surface area contributed by atoms with Crippen LogP contribution < -0.4 is 9.46 Å². The van der Waals surface area contributed by atoms with Crippen molar-refractivity contribution in [3.8, 4) is 17.6 Å². The van der Waals surface area contributed by atoms with Crippen LogP contribution in [0.2, 0.25) is 0 Å². The first-order valence-corrected chi connectivity index (χ1v) is 7.95. The number of hydrogen-bond acceptors (Lipinski definition) is 4. The second-order valence-electron chi connectivity index (χ2n) is 4.51. The fraction of sp³-hybridized carbons (Fsp3) is 0.133. The molecular formula is C15H13N2O3SY-. The smallest absolute Gasteiger partial charge is 0.229 e. The van der Waals surface area contributed by atoms with Gasteiger partial charge < -0.3 is 4.74 Å². The van der Waals surface area contributed by atoms with Crippen LogP contribution in [-0.2, 0) is 42.7 Å². The van der Waals surface area contributed by atoms with E-state index in [1.54, 1.807) is 18.2 Å². The summed E-state index contributed by atoms with van der Waals surface area (Å²) in [6.45, 7) is 1.91. The number of nitrogens with zero attached hydrogens (tertiary/aromatic N) is 1. The minimum Gasteiger partial charge on any atom is -0.515 e. The van der Waals surface area contributed by atoms with Gasteiger partial charge in [-0.3, -0.25) is 4.72 Å². The topological polar surface area (TPSA) is 79.2 Å². The Hall–Kier alpha value is -1.42. The maximum Gasteiger partial charge on any atom is 0.229 e. The molecule has 0 aliphatic heterocycles. The number of sulfonamides is 1. The fourth-order valence-corrected chi connectivity index (χ4v) is 2.22. The Kier molecular flexibility index (Phi) is 6.55. The van der Waals surface area contributed by atoms with Gasteiger partial charge in [-0.2, -0.15) is 23.0 Å². The second kappa shape index (κ2) is 7.73. The third-order valence-electron chi connectivity index (χ3n) is 2.57. The molecule has 111 valence electrons. The van der Waals surface area contributed by atoms with E-state index < -0.39 is 10.0 Å². The first kappa shape index (κ1) is 18.6. The van der Waals surface area contributed by atoms with E-state index in [9.17, 15) is 8.42 Å². The fourth-order valence-electron chi connectivity index (χ4n) is 1.66. The van der Waals surface area contributed by atoms with E-state index in [-0.39, 0.29) is 38.3 Å². The Morgan fingerprint density at radius 2 is 2.00 bits per heavy atom. The van der Waals surface area contributed by atoms with E-state index in [0.29, 0.717) is 17.2 Å². The zero-order valence-corrected chi connectivity index (χ0v) is 15.8. The summed E-state index contributed by atoms with van der Waals surface area (Å²) < 4.78 is 30.3. The van der Waals surface area contributed by atoms with Crippen LogP contribution in [0.4, 0.5) is 5.69 Å². The standard InChI is InChI=1S/C15H13N2O3S.Y/c1-11-3-6-14(7-4-11)20-15-8-5-13(9-12(15)10-16)17-21(2,18)19;/h3,5-9,17H,1-2H3;/q-1;. The van der Waals surface area contributed by atoms with Crippen LogP contribution >= 0.6 is 0 Å². The molecule has 0 amide bonds. The van der Waals surface area contributed by atoms with Gasteiger partial charge in [-0.05, 0) is 18.2 Å². The van der Waals surface area contributed by atoms with Crippen LogP contribution in [0.25, 0.3) is 0 Å². The third kappa shape index (κ3) is 5.41. The van der Waals surface area contributed by atoms with Gasteiger partial charge >= 0.3 is 0 Å². The van der Waals surface area contributed by atoms with E-state index >= 15 is 0 Å². The normalized spacial score (nSPS) is 10.2. The minimum atomic E-state index is -3.38. The van der Waals surface area contributed by atoms with E-state index in [4.69, 9.17) is 10.00 Å². The van der Waals surface area contributed by atoms with Crippen LogP contribution in [0.5, 0.6) is 11.5 Å². The summed E-state index contributed by atoms with van der Waals surface area (Å²) in [6.07, 6.45) is 1.05. The second-order valence-corrected chi connectivity index (χ2v) is 6.25. The van der Waals surface area contributed by atoms with Gasteiger partial charge in [-0.25, -0.2) is 8.42 Å². The van der Waals surface area contributed by atoms with E-state index in [1.165, 1.54) is 12.1 Å². The molecule has 7 heteroatoms. The van der Waals surface area contributed by atoms with Gasteiger partial charge in [0, 0.05) is 38.5 Å². The quantitative estimate of drug-likeness (QED) is 0.815. The van der Waals surface area contributed by atoms with Crippen molar-refractivity contribution in [2.24, 2.45) is 0 Å². The molecular weight excluding hydrogens is 377 g/mol. The summed E-state index contributed by atoms with van der Waals surface area (Å²) in [7, 11) is -3.38. The van der Waals surface area contributed by atoms with E-state index in [1.807, 2.05) is 19.1 Å². The molecule has 2 aromatic rings. The van der Waals surface area contributed by atoms with Gasteiger partial charge in [0.15, 0.2) is 0 Å². The van der Waals surface area contributed by atoms with Gasteiger partial charge in [0.2, 0.25) is 10.0 Å². The first-order valence-electron chi connectivity index (χ1n) is 6.05. The summed E-state index contributed by atoms with van der Waals surface area (Å²) in [5, 5.41) is 9.15. The van der Waals surface area contributed by atoms with Crippen molar-refractivity contribution in [1.29, 1.82) is 5.26 Å². The van der Waals surface area contributed by atoms with E-state index in [0.717, 1.165) is 11.8 Å². The number of hydrogen-bond donors (Lipinski definition) is 1. The molecule has 0 aliphatic rings. The predicted octanol–water partition coefficient (Wildman–Crippen LogP) is 2.83. The summed E-state index contributed by atoms with van der Waals surface area (Å²) >= 11 is 0. The number of ether oxygens (including phenoxy) is 1. The molecule has 0 saturated heterocycles. The van der Waals surface area contributed by atoms with Crippen molar-refractivity contribution in [2.75, 3.05) is 11.0 Å². The number of anilines is 1. The molecule has 0 heterocycles. The molecule has 22 heavy (non-hydrogen) atoms. The van der Waals surface area contributed by atoms with Crippen molar-refractivity contribution in [1.82, 2.24) is 0 Å². The van der Waals surface area contributed by atoms with Gasteiger partial charge in [0.1, 0.15) is 11.8 Å². The summed E-state index contributed by atoms with van der Waals surface area (Å²) in [5.74, 6) is 0.912. The van der Waals surface area contributed by atoms with Crippen molar-refractivity contribution in [3.05, 3.63) is 53.6 Å². The molecule has 1 radical (unpaired) electrons. The number of aryl methyl sites for hydroxylation is 1. The Morgan fingerprint density at radius 3 is 2.55 bits per heavy atom. The largest absolute Gasteiger partial charge is 0.515 e. The third-order valence-corrected chi connectivity index (χ3v) is 3.18. The number of rotatable bonds is 4. The Bertz CT molecular complexity index is 797. The Labute approximate surface area is 155 Å². The van der Waals surface area contributed by atoms with Crippen LogP contribution in [0.15, 0.2) is 36.4 Å². The molecule has 2 aromatic carbocycles. The molecule has 1 N–H and O–H groups in total. The predicted molar refractivity (Wildman–Crippen MR) is 79.7 cm³/mol. The number of nitriles is 1. The van der Waals surface area contributed by atoms with Crippen molar-refractivity contribution in [3.63, 3.8) is 0 Å². The number of benzene rings is 2. The van der Waals surface area contributed by atoms with Crippen molar-refractivity contribution < 1.29 is 45.9 Å². The van der Waals surface area contributed by atoms with Crippen LogP contribution in [-0.4, -0.2) is 14.7 Å². The SMILES string of the molecule is Cc1[c-]cc(Oc2ccc(NS(C)(=O)=O)cc2C#N)cc1.[Y]. The molecule has 5 nitrogen and oxygen atoms in total. The molecule has 0 aliphatic carbocycles. The molecule has 0 atom stereocenters.